The number of anilines is 1. The maximum atomic E-state index is 12.5. The van der Waals surface area contributed by atoms with Crippen LogP contribution in [0.3, 0.4) is 0 Å². The summed E-state index contributed by atoms with van der Waals surface area (Å²) in [5.74, 6) is 0. The first-order valence-corrected chi connectivity index (χ1v) is 8.55. The van der Waals surface area contributed by atoms with Crippen LogP contribution >= 0.6 is 0 Å². The van der Waals surface area contributed by atoms with Crippen molar-refractivity contribution in [3.63, 3.8) is 0 Å². The Balaban J connectivity index is 1.86. The van der Waals surface area contributed by atoms with Crippen molar-refractivity contribution in [2.45, 2.75) is 4.90 Å². The standard InChI is InChI=1S/C16H18N2O3S/c17-15-5-1-13(2-6-15)14-3-7-16(8-4-14)22(19,20)18-9-11-21-12-10-18/h1-8H,9-12,17H2. The van der Waals surface area contributed by atoms with Crippen LogP contribution in [0, 0.1) is 0 Å². The molecule has 0 spiro atoms. The van der Waals surface area contributed by atoms with Gasteiger partial charge in [-0.25, -0.2) is 8.42 Å². The lowest BCUT2D eigenvalue weighted by atomic mass is 10.1. The molecule has 2 N–H and O–H groups in total. The van der Waals surface area contributed by atoms with Crippen LogP contribution in [-0.2, 0) is 14.8 Å². The van der Waals surface area contributed by atoms with Crippen LogP contribution in [0.4, 0.5) is 5.69 Å². The van der Waals surface area contributed by atoms with E-state index in [1.165, 1.54) is 4.31 Å². The van der Waals surface area contributed by atoms with E-state index in [0.29, 0.717) is 36.9 Å². The van der Waals surface area contributed by atoms with E-state index in [4.69, 9.17) is 10.5 Å². The first kappa shape index (κ1) is 15.0. The van der Waals surface area contributed by atoms with Gasteiger partial charge in [-0.15, -0.1) is 0 Å². The molecule has 1 heterocycles. The molecule has 0 amide bonds. The molecule has 22 heavy (non-hydrogen) atoms. The first-order chi connectivity index (χ1) is 10.6. The topological polar surface area (TPSA) is 72.6 Å². The molecule has 0 saturated carbocycles. The van der Waals surface area contributed by atoms with Gasteiger partial charge in [-0.3, -0.25) is 0 Å². The molecule has 0 radical (unpaired) electrons. The van der Waals surface area contributed by atoms with E-state index in [2.05, 4.69) is 0 Å². The third-order valence-electron chi connectivity index (χ3n) is 3.71. The summed E-state index contributed by atoms with van der Waals surface area (Å²) in [5, 5.41) is 0. The normalized spacial score (nSPS) is 16.5. The van der Waals surface area contributed by atoms with Gasteiger partial charge < -0.3 is 10.5 Å². The van der Waals surface area contributed by atoms with Crippen molar-refractivity contribution in [3.05, 3.63) is 48.5 Å². The number of hydrogen-bond donors (Lipinski definition) is 1. The summed E-state index contributed by atoms with van der Waals surface area (Å²) in [4.78, 5) is 0.314. The quantitative estimate of drug-likeness (QED) is 0.878. The molecule has 1 aliphatic rings. The SMILES string of the molecule is Nc1ccc(-c2ccc(S(=O)(=O)N3CCOCC3)cc2)cc1. The molecule has 5 nitrogen and oxygen atoms in total. The van der Waals surface area contributed by atoms with Gasteiger partial charge in [0.1, 0.15) is 0 Å². The zero-order chi connectivity index (χ0) is 15.6. The van der Waals surface area contributed by atoms with Crippen molar-refractivity contribution >= 4 is 15.7 Å². The monoisotopic (exact) mass is 318 g/mol. The van der Waals surface area contributed by atoms with Crippen LogP contribution in [0.5, 0.6) is 0 Å². The zero-order valence-corrected chi connectivity index (χ0v) is 12.9. The Morgan fingerprint density at radius 1 is 0.864 bits per heavy atom. The number of hydrogen-bond acceptors (Lipinski definition) is 4. The van der Waals surface area contributed by atoms with Crippen LogP contribution in [0.25, 0.3) is 11.1 Å². The zero-order valence-electron chi connectivity index (χ0n) is 12.1. The maximum Gasteiger partial charge on any atom is 0.243 e. The Hall–Kier alpha value is -1.89. The molecular weight excluding hydrogens is 300 g/mol. The van der Waals surface area contributed by atoms with Gasteiger partial charge >= 0.3 is 0 Å². The van der Waals surface area contributed by atoms with Gasteiger partial charge in [0, 0.05) is 18.8 Å². The highest BCUT2D eigenvalue weighted by Gasteiger charge is 2.26. The van der Waals surface area contributed by atoms with Crippen molar-refractivity contribution in [1.29, 1.82) is 0 Å². The molecule has 2 aromatic carbocycles. The van der Waals surface area contributed by atoms with Gasteiger partial charge in [0.25, 0.3) is 0 Å². The molecule has 1 saturated heterocycles. The summed E-state index contributed by atoms with van der Waals surface area (Å²) >= 11 is 0. The fraction of sp³-hybridized carbons (Fsp3) is 0.250. The summed E-state index contributed by atoms with van der Waals surface area (Å²) in [6.07, 6.45) is 0. The van der Waals surface area contributed by atoms with Gasteiger partial charge in [-0.1, -0.05) is 24.3 Å². The molecule has 3 rings (SSSR count). The Bertz CT molecular complexity index is 734. The van der Waals surface area contributed by atoms with E-state index in [9.17, 15) is 8.42 Å². The number of rotatable bonds is 3. The average Bonchev–Trinajstić information content (AvgIpc) is 2.56. The van der Waals surface area contributed by atoms with Crippen LogP contribution in [-0.4, -0.2) is 39.0 Å². The molecule has 0 aliphatic carbocycles. The van der Waals surface area contributed by atoms with Crippen LogP contribution in [0.15, 0.2) is 53.4 Å². The molecule has 1 fully saturated rings. The second kappa shape index (κ2) is 6.08. The lowest BCUT2D eigenvalue weighted by Crippen LogP contribution is -2.40. The molecule has 0 atom stereocenters. The smallest absolute Gasteiger partial charge is 0.243 e. The molecule has 116 valence electrons. The second-order valence-electron chi connectivity index (χ2n) is 5.16. The van der Waals surface area contributed by atoms with Crippen LogP contribution in [0.2, 0.25) is 0 Å². The van der Waals surface area contributed by atoms with Gasteiger partial charge in [0.2, 0.25) is 10.0 Å². The first-order valence-electron chi connectivity index (χ1n) is 7.11. The van der Waals surface area contributed by atoms with E-state index in [0.717, 1.165) is 11.1 Å². The molecule has 0 unspecified atom stereocenters. The van der Waals surface area contributed by atoms with Gasteiger partial charge in [0.15, 0.2) is 0 Å². The Labute approximate surface area is 130 Å². The van der Waals surface area contributed by atoms with Gasteiger partial charge in [-0.2, -0.15) is 4.31 Å². The number of nitrogens with zero attached hydrogens (tertiary/aromatic N) is 1. The fourth-order valence-corrected chi connectivity index (χ4v) is 3.84. The number of nitrogens with two attached hydrogens (primary N) is 1. The highest BCUT2D eigenvalue weighted by Crippen LogP contribution is 2.24. The highest BCUT2D eigenvalue weighted by molar-refractivity contribution is 7.89. The molecular formula is C16H18N2O3S. The van der Waals surface area contributed by atoms with Gasteiger partial charge in [0.05, 0.1) is 18.1 Å². The third-order valence-corrected chi connectivity index (χ3v) is 5.62. The maximum absolute atomic E-state index is 12.5. The molecule has 0 aromatic heterocycles. The van der Waals surface area contributed by atoms with E-state index < -0.39 is 10.0 Å². The number of morpholine rings is 1. The summed E-state index contributed by atoms with van der Waals surface area (Å²) in [7, 11) is -3.43. The van der Waals surface area contributed by atoms with Crippen LogP contribution in [0.1, 0.15) is 0 Å². The highest BCUT2D eigenvalue weighted by atomic mass is 32.2. The second-order valence-corrected chi connectivity index (χ2v) is 7.10. The van der Waals surface area contributed by atoms with Gasteiger partial charge in [-0.05, 0) is 35.4 Å². The lowest BCUT2D eigenvalue weighted by molar-refractivity contribution is 0.0730. The molecule has 2 aromatic rings. The Morgan fingerprint density at radius 3 is 1.91 bits per heavy atom. The average molecular weight is 318 g/mol. The summed E-state index contributed by atoms with van der Waals surface area (Å²) in [6, 6.07) is 14.4. The largest absolute Gasteiger partial charge is 0.399 e. The lowest BCUT2D eigenvalue weighted by Gasteiger charge is -2.26. The number of ether oxygens (including phenoxy) is 1. The number of sulfonamides is 1. The van der Waals surface area contributed by atoms with Crippen molar-refractivity contribution in [2.24, 2.45) is 0 Å². The predicted molar refractivity (Wildman–Crippen MR) is 85.9 cm³/mol. The minimum absolute atomic E-state index is 0.314. The number of benzene rings is 2. The Kier molecular flexibility index (Phi) is 4.15. The van der Waals surface area contributed by atoms with E-state index in [1.54, 1.807) is 12.1 Å². The van der Waals surface area contributed by atoms with Crippen molar-refractivity contribution in [2.75, 3.05) is 32.0 Å². The van der Waals surface area contributed by atoms with Crippen LogP contribution < -0.4 is 5.73 Å². The molecule has 6 heteroatoms. The molecule has 1 aliphatic heterocycles. The van der Waals surface area contributed by atoms with E-state index in [-0.39, 0.29) is 0 Å². The minimum atomic E-state index is -3.43. The Morgan fingerprint density at radius 2 is 1.36 bits per heavy atom. The fourth-order valence-electron chi connectivity index (χ4n) is 2.43. The minimum Gasteiger partial charge on any atom is -0.399 e. The summed E-state index contributed by atoms with van der Waals surface area (Å²) in [5.41, 5.74) is 8.34. The predicted octanol–water partition coefficient (Wildman–Crippen LogP) is 1.96. The van der Waals surface area contributed by atoms with E-state index in [1.807, 2.05) is 36.4 Å². The van der Waals surface area contributed by atoms with Crippen molar-refractivity contribution in [1.82, 2.24) is 4.31 Å². The van der Waals surface area contributed by atoms with Crippen molar-refractivity contribution in [3.8, 4) is 11.1 Å². The number of nitrogen functional groups attached to an aromatic ring is 1. The third kappa shape index (κ3) is 2.99. The summed E-state index contributed by atoms with van der Waals surface area (Å²) < 4.78 is 31.7. The van der Waals surface area contributed by atoms with Crippen molar-refractivity contribution < 1.29 is 13.2 Å². The summed E-state index contributed by atoms with van der Waals surface area (Å²) in [6.45, 7) is 1.70. The van der Waals surface area contributed by atoms with E-state index >= 15 is 0 Å². The molecule has 0 bridgehead atoms.